The van der Waals surface area contributed by atoms with Gasteiger partial charge >= 0.3 is 6.09 Å². The highest BCUT2D eigenvalue weighted by atomic mass is 16.6. The second-order valence-electron chi connectivity index (χ2n) is 9.24. The molecule has 2 aliphatic rings. The Hall–Kier alpha value is -1.67. The zero-order chi connectivity index (χ0) is 22.3. The van der Waals surface area contributed by atoms with E-state index in [4.69, 9.17) is 14.6 Å². The minimum atomic E-state index is -0.879. The van der Waals surface area contributed by atoms with Gasteiger partial charge in [0.25, 0.3) is 0 Å². The van der Waals surface area contributed by atoms with Gasteiger partial charge in [-0.3, -0.25) is 4.90 Å². The van der Waals surface area contributed by atoms with Crippen LogP contribution in [0.4, 0.5) is 4.79 Å². The molecule has 1 amide bonds. The van der Waals surface area contributed by atoms with Crippen LogP contribution in [0.15, 0.2) is 30.3 Å². The summed E-state index contributed by atoms with van der Waals surface area (Å²) in [5.41, 5.74) is 0.0535. The van der Waals surface area contributed by atoms with E-state index < -0.39 is 24.0 Å². The molecule has 2 unspecified atom stereocenters. The van der Waals surface area contributed by atoms with Gasteiger partial charge in [-0.2, -0.15) is 0 Å². The molecule has 174 valence electrons. The quantitative estimate of drug-likeness (QED) is 0.518. The Labute approximate surface area is 185 Å². The normalized spacial score (nSPS) is 24.8. The number of carbonyl (C=O) groups excluding carboxylic acids is 1. The van der Waals surface area contributed by atoms with E-state index in [1.807, 2.05) is 44.2 Å². The van der Waals surface area contributed by atoms with Crippen molar-refractivity contribution in [3.8, 4) is 0 Å². The first-order chi connectivity index (χ1) is 14.9. The predicted octanol–water partition coefficient (Wildman–Crippen LogP) is 3.04. The summed E-state index contributed by atoms with van der Waals surface area (Å²) in [5.74, 6) is 0.515. The average Bonchev–Trinajstić information content (AvgIpc) is 3.04. The largest absolute Gasteiger partial charge is 0.444 e. The summed E-state index contributed by atoms with van der Waals surface area (Å²) in [6.07, 6.45) is 5.09. The molecular weight excluding hydrogens is 396 g/mol. The number of benzene rings is 1. The van der Waals surface area contributed by atoms with Gasteiger partial charge in [0.1, 0.15) is 18.4 Å². The Morgan fingerprint density at radius 3 is 2.65 bits per heavy atom. The van der Waals surface area contributed by atoms with E-state index in [0.29, 0.717) is 19.0 Å². The summed E-state index contributed by atoms with van der Waals surface area (Å²) >= 11 is 0. The SMILES string of the molecule is CC1(C)OC(C(O)CNCCO)[C@H](CC2CCCCC2)N1C(=O)OCc1ccccc1. The lowest BCUT2D eigenvalue weighted by Crippen LogP contribution is -2.51. The number of hydrogen-bond donors (Lipinski definition) is 3. The fourth-order valence-electron chi connectivity index (χ4n) is 4.94. The maximum Gasteiger partial charge on any atom is 0.412 e. The van der Waals surface area contributed by atoms with Crippen LogP contribution in [0.25, 0.3) is 0 Å². The highest BCUT2D eigenvalue weighted by Gasteiger charge is 2.53. The smallest absolute Gasteiger partial charge is 0.412 e. The number of hydrogen-bond acceptors (Lipinski definition) is 6. The Balaban J connectivity index is 1.74. The fourth-order valence-corrected chi connectivity index (χ4v) is 4.94. The second kappa shape index (κ2) is 11.3. The number of carbonyl (C=O) groups is 1. The van der Waals surface area contributed by atoms with E-state index in [1.165, 1.54) is 19.3 Å². The summed E-state index contributed by atoms with van der Waals surface area (Å²) in [6, 6.07) is 9.37. The van der Waals surface area contributed by atoms with Gasteiger partial charge in [-0.1, -0.05) is 62.4 Å². The zero-order valence-corrected chi connectivity index (χ0v) is 18.8. The van der Waals surface area contributed by atoms with E-state index in [2.05, 4.69) is 5.32 Å². The minimum Gasteiger partial charge on any atom is -0.444 e. The van der Waals surface area contributed by atoms with Crippen LogP contribution < -0.4 is 5.32 Å². The summed E-state index contributed by atoms with van der Waals surface area (Å²) in [4.78, 5) is 14.9. The van der Waals surface area contributed by atoms with Gasteiger partial charge < -0.3 is 25.0 Å². The van der Waals surface area contributed by atoms with Crippen molar-refractivity contribution in [3.05, 3.63) is 35.9 Å². The topological polar surface area (TPSA) is 91.3 Å². The lowest BCUT2D eigenvalue weighted by Gasteiger charge is -2.35. The third-order valence-electron chi connectivity index (χ3n) is 6.44. The van der Waals surface area contributed by atoms with Crippen molar-refractivity contribution >= 4 is 6.09 Å². The van der Waals surface area contributed by atoms with Gasteiger partial charge in [-0.15, -0.1) is 0 Å². The van der Waals surface area contributed by atoms with Gasteiger partial charge in [0.15, 0.2) is 0 Å². The summed E-state index contributed by atoms with van der Waals surface area (Å²) in [7, 11) is 0. The predicted molar refractivity (Wildman–Crippen MR) is 118 cm³/mol. The van der Waals surface area contributed by atoms with Crippen molar-refractivity contribution in [1.82, 2.24) is 10.2 Å². The Morgan fingerprint density at radius 2 is 1.97 bits per heavy atom. The monoisotopic (exact) mass is 434 g/mol. The molecule has 0 aromatic heterocycles. The molecule has 31 heavy (non-hydrogen) atoms. The van der Waals surface area contributed by atoms with Gasteiger partial charge in [0.05, 0.1) is 18.8 Å². The number of aliphatic hydroxyl groups excluding tert-OH is 2. The van der Waals surface area contributed by atoms with Crippen molar-refractivity contribution in [2.24, 2.45) is 5.92 Å². The average molecular weight is 435 g/mol. The molecule has 1 aliphatic carbocycles. The molecule has 1 heterocycles. The van der Waals surface area contributed by atoms with Crippen LogP contribution in [0.1, 0.15) is 57.9 Å². The fraction of sp³-hybridized carbons (Fsp3) is 0.708. The van der Waals surface area contributed by atoms with Gasteiger partial charge in [0.2, 0.25) is 0 Å². The Kier molecular flexibility index (Phi) is 8.72. The van der Waals surface area contributed by atoms with Crippen LogP contribution in [0.2, 0.25) is 0 Å². The summed E-state index contributed by atoms with van der Waals surface area (Å²) in [6.45, 7) is 4.64. The van der Waals surface area contributed by atoms with Gasteiger partial charge in [-0.05, 0) is 31.7 Å². The molecule has 1 saturated carbocycles. The zero-order valence-electron chi connectivity index (χ0n) is 18.8. The highest BCUT2D eigenvalue weighted by molar-refractivity contribution is 5.69. The molecule has 1 aromatic carbocycles. The van der Waals surface area contributed by atoms with Crippen LogP contribution in [-0.4, -0.2) is 64.9 Å². The first-order valence-electron chi connectivity index (χ1n) is 11.6. The maximum absolute atomic E-state index is 13.2. The number of amides is 1. The van der Waals surface area contributed by atoms with Crippen LogP contribution in [-0.2, 0) is 16.1 Å². The molecule has 3 rings (SSSR count). The van der Waals surface area contributed by atoms with E-state index in [0.717, 1.165) is 24.8 Å². The third-order valence-corrected chi connectivity index (χ3v) is 6.44. The van der Waals surface area contributed by atoms with Gasteiger partial charge in [-0.25, -0.2) is 4.79 Å². The standard InChI is InChI=1S/C24H38N2O5/c1-24(2)26(23(29)30-17-19-11-7-4-8-12-19)20(15-18-9-5-3-6-10-18)22(31-24)21(28)16-25-13-14-27/h4,7-8,11-12,18,20-22,25,27-28H,3,5-6,9-10,13-17H2,1-2H3/t20-,21?,22?/m0/s1. The Morgan fingerprint density at radius 1 is 1.26 bits per heavy atom. The van der Waals surface area contributed by atoms with Crippen molar-refractivity contribution in [2.75, 3.05) is 19.7 Å². The number of rotatable bonds is 9. The molecular formula is C24H38N2O5. The number of nitrogens with zero attached hydrogens (tertiary/aromatic N) is 1. The van der Waals surface area contributed by atoms with E-state index in [-0.39, 0.29) is 19.3 Å². The van der Waals surface area contributed by atoms with Crippen molar-refractivity contribution in [3.63, 3.8) is 0 Å². The molecule has 1 aromatic rings. The van der Waals surface area contributed by atoms with Crippen molar-refractivity contribution in [2.45, 2.75) is 83.0 Å². The first-order valence-corrected chi connectivity index (χ1v) is 11.6. The molecule has 7 nitrogen and oxygen atoms in total. The lowest BCUT2D eigenvalue weighted by atomic mass is 9.83. The van der Waals surface area contributed by atoms with Crippen LogP contribution in [0.3, 0.4) is 0 Å². The van der Waals surface area contributed by atoms with Crippen LogP contribution in [0, 0.1) is 5.92 Å². The molecule has 0 radical (unpaired) electrons. The number of aliphatic hydroxyl groups is 2. The summed E-state index contributed by atoms with van der Waals surface area (Å²) < 4.78 is 11.9. The molecule has 3 N–H and O–H groups in total. The van der Waals surface area contributed by atoms with E-state index in [1.54, 1.807) is 4.90 Å². The Bertz CT molecular complexity index is 678. The van der Waals surface area contributed by atoms with Crippen LogP contribution >= 0.6 is 0 Å². The molecule has 7 heteroatoms. The number of ether oxygens (including phenoxy) is 2. The molecule has 1 aliphatic heterocycles. The van der Waals surface area contributed by atoms with Crippen molar-refractivity contribution in [1.29, 1.82) is 0 Å². The molecule has 0 bridgehead atoms. The van der Waals surface area contributed by atoms with Crippen molar-refractivity contribution < 1.29 is 24.5 Å². The van der Waals surface area contributed by atoms with Gasteiger partial charge in [0, 0.05) is 13.1 Å². The lowest BCUT2D eigenvalue weighted by molar-refractivity contribution is -0.0988. The highest BCUT2D eigenvalue weighted by Crippen LogP contribution is 2.40. The minimum absolute atomic E-state index is 0.00712. The number of nitrogens with one attached hydrogen (secondary N) is 1. The van der Waals surface area contributed by atoms with Crippen LogP contribution in [0.5, 0.6) is 0 Å². The first kappa shape index (κ1) is 24.0. The summed E-state index contributed by atoms with van der Waals surface area (Å²) in [5, 5.41) is 22.9. The molecule has 3 atom stereocenters. The second-order valence-corrected chi connectivity index (χ2v) is 9.24. The van der Waals surface area contributed by atoms with E-state index >= 15 is 0 Å². The molecule has 1 saturated heterocycles. The van der Waals surface area contributed by atoms with E-state index in [9.17, 15) is 9.90 Å². The molecule has 0 spiro atoms. The maximum atomic E-state index is 13.2. The third kappa shape index (κ3) is 6.42. The molecule has 2 fully saturated rings.